The third-order valence-corrected chi connectivity index (χ3v) is 13.6. The minimum Gasteiger partial charge on any atom is -0.504 e. The number of aliphatic carboxylic acids is 1. The van der Waals surface area contributed by atoms with E-state index >= 15 is 4.79 Å². The number of fused-ring (bicyclic) bond motifs is 6. The summed E-state index contributed by atoms with van der Waals surface area (Å²) in [4.78, 5) is 112. The highest BCUT2D eigenvalue weighted by Crippen LogP contribution is 2.60. The van der Waals surface area contributed by atoms with E-state index in [4.69, 9.17) is 42.6 Å². The van der Waals surface area contributed by atoms with Crippen LogP contribution in [0.2, 0.25) is 0 Å². The molecule has 0 saturated carbocycles. The number of hydrogen-bond donors (Lipinski definition) is 14. The highest BCUT2D eigenvalue weighted by Gasteiger charge is 2.70. The Labute approximate surface area is 427 Å². The van der Waals surface area contributed by atoms with Crippen LogP contribution < -0.4 is 14.2 Å². The van der Waals surface area contributed by atoms with Crippen molar-refractivity contribution in [2.24, 2.45) is 0 Å². The van der Waals surface area contributed by atoms with E-state index in [2.05, 4.69) is 0 Å². The van der Waals surface area contributed by atoms with Gasteiger partial charge < -0.3 is 114 Å². The normalized spacial score (nSPS) is 27.2. The van der Waals surface area contributed by atoms with Crippen LogP contribution in [0.3, 0.4) is 0 Å². The molecule has 0 amide bonds. The van der Waals surface area contributed by atoms with Gasteiger partial charge in [0.1, 0.15) is 12.7 Å². The number of rotatable bonds is 3. The fourth-order valence-electron chi connectivity index (χ4n) is 9.83. The van der Waals surface area contributed by atoms with Gasteiger partial charge in [-0.25, -0.2) is 28.8 Å². The van der Waals surface area contributed by atoms with Gasteiger partial charge in [0.05, 0.1) is 40.2 Å². The van der Waals surface area contributed by atoms with Gasteiger partial charge >= 0.3 is 41.6 Å². The number of phenols is 9. The first kappa shape index (κ1) is 49.9. The zero-order valence-corrected chi connectivity index (χ0v) is 38.0. The number of cyclic esters (lactones) is 1. The number of aromatic hydroxyl groups is 9. The molecule has 31 nitrogen and oxygen atoms in total. The van der Waals surface area contributed by atoms with Crippen molar-refractivity contribution in [1.82, 2.24) is 0 Å². The van der Waals surface area contributed by atoms with Gasteiger partial charge in [-0.3, -0.25) is 9.59 Å². The zero-order chi connectivity index (χ0) is 56.3. The summed E-state index contributed by atoms with van der Waals surface area (Å²) in [6.07, 6.45) is -13.7. The maximum Gasteiger partial charge on any atom is 0.356 e. The van der Waals surface area contributed by atoms with Crippen LogP contribution in [0.15, 0.2) is 53.5 Å². The first-order valence-corrected chi connectivity index (χ1v) is 22.0. The molecule has 2 aliphatic carbocycles. The number of aliphatic hydroxyl groups is 4. The molecule has 404 valence electrons. The average Bonchev–Trinajstić information content (AvgIpc) is 3.82. The summed E-state index contributed by atoms with van der Waals surface area (Å²) in [7, 11) is 0. The van der Waals surface area contributed by atoms with Gasteiger partial charge in [0.15, 0.2) is 64.0 Å². The summed E-state index contributed by atoms with van der Waals surface area (Å²) in [5.41, 5.74) is -11.8. The molecule has 14 N–H and O–H groups in total. The van der Waals surface area contributed by atoms with Crippen molar-refractivity contribution in [2.45, 2.75) is 60.2 Å². The number of phenolic OH excluding ortho intramolecular Hbond substituents is 9. The molecular formula is C47H30O31. The number of carboxylic acids is 1. The Morgan fingerprint density at radius 2 is 1.21 bits per heavy atom. The quantitative estimate of drug-likeness (QED) is 0.0497. The molecule has 7 aliphatic rings. The molecule has 0 spiro atoms. The Hall–Kier alpha value is -10.2. The number of allylic oxidation sites excluding steroid dienone is 1. The average molecular weight is 1090 g/mol. The highest BCUT2D eigenvalue weighted by molar-refractivity contribution is 6.11. The molecule has 78 heavy (non-hydrogen) atoms. The van der Waals surface area contributed by atoms with Crippen molar-refractivity contribution in [3.05, 3.63) is 81.3 Å². The molecule has 31 heteroatoms. The van der Waals surface area contributed by atoms with Crippen LogP contribution in [0.1, 0.15) is 59.3 Å². The van der Waals surface area contributed by atoms with Crippen molar-refractivity contribution < 1.29 is 152 Å². The minimum absolute atomic E-state index is 0.214. The predicted octanol–water partition coefficient (Wildman–Crippen LogP) is -1.18. The van der Waals surface area contributed by atoms with Crippen LogP contribution in [-0.2, 0) is 47.6 Å². The first-order chi connectivity index (χ1) is 36.6. The van der Waals surface area contributed by atoms with E-state index < -0.39 is 239 Å². The van der Waals surface area contributed by atoms with Gasteiger partial charge in [-0.2, -0.15) is 0 Å². The molecule has 1 fully saturated rings. The van der Waals surface area contributed by atoms with Crippen LogP contribution in [0, 0.1) is 0 Å². The standard InChI is InChI=1S/C47H30O31/c48-14-1-9(2-15(49)26(14)54)38(60)76-43-36-35-33(73-41(63)11-4-17(51)28(56)34-24(11)25-13(42(64)75-36)6-21(53)47(69,78-34)46(25,67)68)20(72-43)8-70-39(61)12-5-19-32(77-45(44(65)66)7-18(52)29(57)37(45)71-19)31(59)23(12)22-10(40(62)74-35)3-16(50)27(55)30(22)58/h1-6,20,25,33,35-36,43,48-51,54-59,67-69H,7-8H2,(H,65,66)/t20-,25?,33-,35+,36-,43+,45?,47?/m1/s1. The molecule has 5 heterocycles. The van der Waals surface area contributed by atoms with Crippen molar-refractivity contribution in [3.63, 3.8) is 0 Å². The molecule has 11 rings (SSSR count). The van der Waals surface area contributed by atoms with Crippen LogP contribution >= 0.6 is 0 Å². The topological polar surface area (TPSA) is 503 Å². The Balaban J connectivity index is 1.13. The van der Waals surface area contributed by atoms with E-state index in [1.165, 1.54) is 0 Å². The van der Waals surface area contributed by atoms with E-state index in [1.807, 2.05) is 0 Å². The molecular weight excluding hydrogens is 1060 g/mol. The van der Waals surface area contributed by atoms with E-state index in [0.29, 0.717) is 30.3 Å². The first-order valence-electron chi connectivity index (χ1n) is 22.0. The van der Waals surface area contributed by atoms with Gasteiger partial charge in [-0.1, -0.05) is 0 Å². The Bertz CT molecular complexity index is 3600. The second kappa shape index (κ2) is 16.4. The van der Waals surface area contributed by atoms with Crippen LogP contribution in [-0.4, -0.2) is 173 Å². The lowest BCUT2D eigenvalue weighted by Crippen LogP contribution is -2.70. The molecule has 8 atom stereocenters. The van der Waals surface area contributed by atoms with E-state index in [1.54, 1.807) is 0 Å². The molecule has 6 bridgehead atoms. The van der Waals surface area contributed by atoms with E-state index in [0.717, 1.165) is 0 Å². The smallest absolute Gasteiger partial charge is 0.356 e. The molecule has 0 radical (unpaired) electrons. The van der Waals surface area contributed by atoms with Crippen molar-refractivity contribution >= 4 is 47.4 Å². The van der Waals surface area contributed by atoms with Crippen molar-refractivity contribution in [3.8, 4) is 80.1 Å². The highest BCUT2D eigenvalue weighted by atomic mass is 16.8. The van der Waals surface area contributed by atoms with Crippen molar-refractivity contribution in [1.29, 1.82) is 0 Å². The Morgan fingerprint density at radius 1 is 0.615 bits per heavy atom. The van der Waals surface area contributed by atoms with Gasteiger partial charge in [-0.05, 0) is 30.3 Å². The van der Waals surface area contributed by atoms with Crippen LogP contribution in [0.5, 0.6) is 69.0 Å². The second-order valence-electron chi connectivity index (χ2n) is 18.0. The second-order valence-corrected chi connectivity index (χ2v) is 18.0. The zero-order valence-electron chi connectivity index (χ0n) is 38.0. The minimum atomic E-state index is -4.04. The Morgan fingerprint density at radius 3 is 1.88 bits per heavy atom. The van der Waals surface area contributed by atoms with Crippen molar-refractivity contribution in [2.75, 3.05) is 6.61 Å². The summed E-state index contributed by atoms with van der Waals surface area (Å²) in [6.45, 7) is -1.38. The number of esters is 5. The lowest BCUT2D eigenvalue weighted by molar-refractivity contribution is -0.339. The van der Waals surface area contributed by atoms with Gasteiger partial charge in [0, 0.05) is 22.8 Å². The SMILES string of the molecule is O=C1CC2(C(=O)O)Oc3c(cc4c(c3O)-c3c(cc(O)c(O)c3O)C(=O)O[C@@H]3[C@H]5OC(=O)C6=CC(=O)C7(O)Oc8c(O)c(O)cc(c8C6C7(O)O)C(=O)O[C@@H]3[C@@H](COC4=O)O[C@H]5OC(=O)c3cc(O)c(O)c(O)c3)OC2=C1O. The number of ether oxygens (including phenoxy) is 9. The third-order valence-electron chi connectivity index (χ3n) is 13.6. The van der Waals surface area contributed by atoms with Gasteiger partial charge in [-0.15, -0.1) is 0 Å². The number of carbonyl (C=O) groups excluding carboxylic acids is 7. The van der Waals surface area contributed by atoms with Crippen LogP contribution in [0.4, 0.5) is 0 Å². The van der Waals surface area contributed by atoms with E-state index in [-0.39, 0.29) is 6.08 Å². The molecule has 3 unspecified atom stereocenters. The predicted molar refractivity (Wildman–Crippen MR) is 232 cm³/mol. The number of benzene rings is 4. The fraction of sp³-hybridized carbons (Fsp3) is 0.234. The Kier molecular flexibility index (Phi) is 10.5. The molecule has 5 aliphatic heterocycles. The number of carbonyl (C=O) groups is 8. The maximum atomic E-state index is 15.0. The number of hydrogen-bond acceptors (Lipinski definition) is 30. The molecule has 4 aromatic carbocycles. The number of Topliss-reactive ketones (excluding diaryl/α,β-unsaturated/α-hetero) is 1. The summed E-state index contributed by atoms with van der Waals surface area (Å²) in [5, 5.41) is 153. The lowest BCUT2D eigenvalue weighted by Gasteiger charge is -2.49. The summed E-state index contributed by atoms with van der Waals surface area (Å²) < 4.78 is 50.6. The number of ketones is 2. The molecule has 4 aromatic rings. The van der Waals surface area contributed by atoms with E-state index in [9.17, 15) is 105 Å². The van der Waals surface area contributed by atoms with Gasteiger partial charge in [0.2, 0.25) is 52.7 Å². The third kappa shape index (κ3) is 6.71. The van der Waals surface area contributed by atoms with Gasteiger partial charge in [0.25, 0.3) is 11.4 Å². The largest absolute Gasteiger partial charge is 0.504 e. The lowest BCUT2D eigenvalue weighted by atomic mass is 9.70. The summed E-state index contributed by atoms with van der Waals surface area (Å²) in [6, 6.07) is 2.36. The number of carboxylic acid groups (broad SMARTS) is 1. The molecule has 0 aromatic heterocycles. The monoisotopic (exact) mass is 1090 g/mol. The maximum absolute atomic E-state index is 15.0. The number of aliphatic hydroxyl groups excluding tert-OH is 1. The summed E-state index contributed by atoms with van der Waals surface area (Å²) in [5.74, 6) is -42.3. The van der Waals surface area contributed by atoms with Crippen LogP contribution in [0.25, 0.3) is 11.1 Å². The molecule has 1 saturated heterocycles. The fourth-order valence-corrected chi connectivity index (χ4v) is 9.83. The summed E-state index contributed by atoms with van der Waals surface area (Å²) >= 11 is 0.